The summed E-state index contributed by atoms with van der Waals surface area (Å²) in [4.78, 5) is 0. The van der Waals surface area contributed by atoms with Crippen LogP contribution in [0.1, 0.15) is 6.42 Å². The maximum atomic E-state index is 11.2. The molecule has 1 radical (unpaired) electrons. The molecule has 0 amide bonds. The van der Waals surface area contributed by atoms with Gasteiger partial charge in [0.2, 0.25) is 0 Å². The Kier molecular flexibility index (Phi) is 2.48. The number of rotatable bonds is 2. The highest BCUT2D eigenvalue weighted by molar-refractivity contribution is 5.85. The summed E-state index contributed by atoms with van der Waals surface area (Å²) in [7, 11) is 0. The molecule has 0 saturated carbocycles. The molecule has 0 spiro atoms. The highest BCUT2D eigenvalue weighted by Gasteiger charge is 2.26. The molecule has 0 heterocycles. The lowest BCUT2D eigenvalue weighted by Gasteiger charge is -2.02. The minimum atomic E-state index is -4.24. The van der Waals surface area contributed by atoms with Crippen molar-refractivity contribution >= 4 is 5.84 Å². The third-order valence-electron chi connectivity index (χ3n) is 0.553. The van der Waals surface area contributed by atoms with E-state index in [4.69, 9.17) is 5.41 Å². The summed E-state index contributed by atoms with van der Waals surface area (Å²) in [5, 5.41) is 6.40. The van der Waals surface area contributed by atoms with Crippen molar-refractivity contribution in [2.75, 3.05) is 0 Å². The van der Waals surface area contributed by atoms with Gasteiger partial charge < -0.3 is 5.73 Å². The zero-order chi connectivity index (χ0) is 7.49. The molecule has 0 aromatic rings. The summed E-state index contributed by atoms with van der Waals surface area (Å²) in [6, 6.07) is 0. The number of nitrogens with two attached hydrogens (primary N) is 1. The second-order valence-electron chi connectivity index (χ2n) is 1.48. The van der Waals surface area contributed by atoms with E-state index in [2.05, 4.69) is 5.73 Å². The Morgan fingerprint density at radius 3 is 2.11 bits per heavy atom. The fourth-order valence-corrected chi connectivity index (χ4v) is 0.226. The number of hydrogen-bond acceptors (Lipinski definition) is 1. The van der Waals surface area contributed by atoms with E-state index in [1.54, 1.807) is 0 Å². The molecule has 0 bridgehead atoms. The molecule has 53 valence electrons. The van der Waals surface area contributed by atoms with Crippen molar-refractivity contribution in [2.24, 2.45) is 5.73 Å². The van der Waals surface area contributed by atoms with E-state index >= 15 is 0 Å². The number of nitrogens with one attached hydrogen (secondary N) is 1. The van der Waals surface area contributed by atoms with E-state index in [1.807, 2.05) is 0 Å². The van der Waals surface area contributed by atoms with Gasteiger partial charge in [0.15, 0.2) is 0 Å². The third-order valence-corrected chi connectivity index (χ3v) is 0.553. The molecule has 3 N–H and O–H groups in total. The first-order valence-electron chi connectivity index (χ1n) is 2.16. The summed E-state index contributed by atoms with van der Waals surface area (Å²) in [6.07, 6.45) is -4.76. The summed E-state index contributed by atoms with van der Waals surface area (Å²) in [5.74, 6) is -0.549. The Hall–Kier alpha value is -0.740. The van der Waals surface area contributed by atoms with Gasteiger partial charge in [0.05, 0.1) is 12.3 Å². The minimum absolute atomic E-state index is 0.549. The zero-order valence-electron chi connectivity index (χ0n) is 4.50. The summed E-state index contributed by atoms with van der Waals surface area (Å²) >= 11 is 0. The molecule has 0 aromatic carbocycles. The van der Waals surface area contributed by atoms with Gasteiger partial charge in [-0.2, -0.15) is 13.2 Å². The summed E-state index contributed by atoms with van der Waals surface area (Å²) in [6.45, 7) is 0. The Labute approximate surface area is 50.4 Å². The van der Waals surface area contributed by atoms with Gasteiger partial charge in [-0.25, -0.2) is 0 Å². The largest absolute Gasteiger partial charge is 0.389 e. The van der Waals surface area contributed by atoms with Gasteiger partial charge in [-0.1, -0.05) is 0 Å². The van der Waals surface area contributed by atoms with Crippen LogP contribution in [0.5, 0.6) is 0 Å². The first kappa shape index (κ1) is 8.26. The highest BCUT2D eigenvalue weighted by atomic mass is 19.4. The molecule has 0 aromatic heterocycles. The van der Waals surface area contributed by atoms with Crippen LogP contribution in [0.3, 0.4) is 0 Å². The van der Waals surface area contributed by atoms with Crippen LogP contribution in [0.15, 0.2) is 0 Å². The van der Waals surface area contributed by atoms with Crippen molar-refractivity contribution in [2.45, 2.75) is 12.6 Å². The number of halogens is 3. The second kappa shape index (κ2) is 2.70. The lowest BCUT2D eigenvalue weighted by Crippen LogP contribution is -2.16. The summed E-state index contributed by atoms with van der Waals surface area (Å²) < 4.78 is 33.7. The molecule has 0 aliphatic rings. The van der Waals surface area contributed by atoms with Gasteiger partial charge in [-0.15, -0.1) is 0 Å². The Bertz CT molecular complexity index is 107. The number of hydrogen-bond donors (Lipinski definition) is 2. The third kappa shape index (κ3) is 7.26. The predicted octanol–water partition coefficient (Wildman–Crippen LogP) is 1.08. The summed E-state index contributed by atoms with van der Waals surface area (Å²) in [5.41, 5.74) is 4.63. The predicted molar refractivity (Wildman–Crippen MR) is 26.9 cm³/mol. The lowest BCUT2D eigenvalue weighted by atomic mass is 10.3. The van der Waals surface area contributed by atoms with Crippen LogP contribution in [0.4, 0.5) is 13.2 Å². The Morgan fingerprint density at radius 2 is 2.00 bits per heavy atom. The van der Waals surface area contributed by atoms with Crippen molar-refractivity contribution in [1.29, 1.82) is 5.41 Å². The van der Waals surface area contributed by atoms with Gasteiger partial charge >= 0.3 is 6.18 Å². The van der Waals surface area contributed by atoms with Crippen LogP contribution >= 0.6 is 0 Å². The first-order chi connectivity index (χ1) is 3.92. The van der Waals surface area contributed by atoms with E-state index in [0.717, 1.165) is 0 Å². The average molecular weight is 139 g/mol. The maximum absolute atomic E-state index is 11.2. The van der Waals surface area contributed by atoms with E-state index in [0.29, 0.717) is 6.42 Å². The monoisotopic (exact) mass is 139 g/mol. The van der Waals surface area contributed by atoms with E-state index in [1.165, 1.54) is 0 Å². The molecular weight excluding hydrogens is 133 g/mol. The smallest absolute Gasteiger partial charge is 0.387 e. The molecule has 0 rings (SSSR count). The van der Waals surface area contributed by atoms with Crippen molar-refractivity contribution in [3.05, 3.63) is 6.42 Å². The normalized spacial score (nSPS) is 11.4. The van der Waals surface area contributed by atoms with E-state index in [-0.39, 0.29) is 0 Å². The van der Waals surface area contributed by atoms with Gasteiger partial charge in [0.25, 0.3) is 0 Å². The van der Waals surface area contributed by atoms with E-state index < -0.39 is 18.4 Å². The molecule has 0 saturated heterocycles. The maximum Gasteiger partial charge on any atom is 0.389 e. The van der Waals surface area contributed by atoms with Crippen LogP contribution < -0.4 is 5.73 Å². The van der Waals surface area contributed by atoms with Crippen LogP contribution in [0, 0.1) is 11.8 Å². The van der Waals surface area contributed by atoms with Crippen molar-refractivity contribution in [3.63, 3.8) is 0 Å². The average Bonchev–Trinajstić information content (AvgIpc) is 1.59. The molecule has 2 nitrogen and oxygen atoms in total. The molecular formula is C4H6F3N2. The molecule has 9 heavy (non-hydrogen) atoms. The van der Waals surface area contributed by atoms with Gasteiger partial charge in [-0.3, -0.25) is 5.41 Å². The van der Waals surface area contributed by atoms with E-state index in [9.17, 15) is 13.2 Å². The van der Waals surface area contributed by atoms with Gasteiger partial charge in [0.1, 0.15) is 0 Å². The van der Waals surface area contributed by atoms with Gasteiger partial charge in [0, 0.05) is 6.42 Å². The van der Waals surface area contributed by atoms with Crippen LogP contribution in [-0.4, -0.2) is 12.0 Å². The Morgan fingerprint density at radius 1 is 1.56 bits per heavy atom. The zero-order valence-corrected chi connectivity index (χ0v) is 4.50. The van der Waals surface area contributed by atoms with Crippen molar-refractivity contribution in [1.82, 2.24) is 0 Å². The molecule has 0 fully saturated rings. The molecule has 5 heteroatoms. The number of amidine groups is 1. The molecule has 0 unspecified atom stereocenters. The van der Waals surface area contributed by atoms with Crippen LogP contribution in [0.25, 0.3) is 0 Å². The fraction of sp³-hybridized carbons (Fsp3) is 0.500. The molecule has 0 atom stereocenters. The fourth-order valence-electron chi connectivity index (χ4n) is 0.226. The number of alkyl halides is 3. The molecule has 0 aliphatic carbocycles. The quantitative estimate of drug-likeness (QED) is 0.436. The Balaban J connectivity index is 3.39. The van der Waals surface area contributed by atoms with Crippen molar-refractivity contribution < 1.29 is 13.2 Å². The first-order valence-corrected chi connectivity index (χ1v) is 2.16. The van der Waals surface area contributed by atoms with Crippen molar-refractivity contribution in [3.8, 4) is 0 Å². The van der Waals surface area contributed by atoms with Crippen LogP contribution in [0.2, 0.25) is 0 Å². The second-order valence-corrected chi connectivity index (χ2v) is 1.48. The topological polar surface area (TPSA) is 49.9 Å². The van der Waals surface area contributed by atoms with Crippen LogP contribution in [-0.2, 0) is 0 Å². The standard InChI is InChI=1S/C4H6F3N2/c5-4(6,7)2-1-3(8)9/h1H,2H2,(H3,8,9). The minimum Gasteiger partial charge on any atom is -0.387 e. The lowest BCUT2D eigenvalue weighted by molar-refractivity contribution is -0.126. The molecule has 0 aliphatic heterocycles. The van der Waals surface area contributed by atoms with Gasteiger partial charge in [-0.05, 0) is 0 Å². The SMILES string of the molecule is N=C(N)[CH]CC(F)(F)F. The highest BCUT2D eigenvalue weighted by Crippen LogP contribution is 2.20.